The van der Waals surface area contributed by atoms with E-state index in [4.69, 9.17) is 5.11 Å². The van der Waals surface area contributed by atoms with Crippen molar-refractivity contribution in [2.45, 2.75) is 13.8 Å². The van der Waals surface area contributed by atoms with Gasteiger partial charge < -0.3 is 10.0 Å². The van der Waals surface area contributed by atoms with Crippen LogP contribution < -0.4 is 4.90 Å². The fraction of sp³-hybridized carbons (Fsp3) is 0.444. The van der Waals surface area contributed by atoms with Gasteiger partial charge in [0.2, 0.25) is 5.95 Å². The van der Waals surface area contributed by atoms with Crippen molar-refractivity contribution in [2.24, 2.45) is 0 Å². The van der Waals surface area contributed by atoms with Gasteiger partial charge in [0.25, 0.3) is 0 Å². The van der Waals surface area contributed by atoms with E-state index in [1.165, 1.54) is 4.90 Å². The van der Waals surface area contributed by atoms with Gasteiger partial charge in [-0.1, -0.05) is 0 Å². The summed E-state index contributed by atoms with van der Waals surface area (Å²) in [5, 5.41) is 8.57. The molecule has 0 unspecified atom stereocenters. The monoisotopic (exact) mass is 195 g/mol. The maximum Gasteiger partial charge on any atom is 0.323 e. The van der Waals surface area contributed by atoms with Crippen molar-refractivity contribution >= 4 is 11.9 Å². The first-order chi connectivity index (χ1) is 6.50. The Labute approximate surface area is 82.4 Å². The summed E-state index contributed by atoms with van der Waals surface area (Å²) in [7, 11) is 1.65. The Kier molecular flexibility index (Phi) is 3.01. The van der Waals surface area contributed by atoms with Gasteiger partial charge in [-0.25, -0.2) is 9.97 Å². The van der Waals surface area contributed by atoms with Gasteiger partial charge in [-0.2, -0.15) is 0 Å². The Morgan fingerprint density at radius 2 is 2.21 bits per heavy atom. The first kappa shape index (κ1) is 10.4. The molecular weight excluding hydrogens is 182 g/mol. The Hall–Kier alpha value is -1.65. The van der Waals surface area contributed by atoms with Gasteiger partial charge in [-0.05, 0) is 19.4 Å². The van der Waals surface area contributed by atoms with E-state index in [0.29, 0.717) is 5.95 Å². The lowest BCUT2D eigenvalue weighted by Gasteiger charge is -2.14. The highest BCUT2D eigenvalue weighted by molar-refractivity contribution is 5.72. The van der Waals surface area contributed by atoms with E-state index in [9.17, 15) is 4.79 Å². The normalized spacial score (nSPS) is 9.93. The van der Waals surface area contributed by atoms with E-state index in [1.54, 1.807) is 13.2 Å². The molecule has 14 heavy (non-hydrogen) atoms. The third-order valence-corrected chi connectivity index (χ3v) is 1.93. The van der Waals surface area contributed by atoms with Crippen molar-refractivity contribution in [1.82, 2.24) is 9.97 Å². The molecule has 76 valence electrons. The smallest absolute Gasteiger partial charge is 0.323 e. The number of aliphatic carboxylic acids is 1. The van der Waals surface area contributed by atoms with E-state index < -0.39 is 5.97 Å². The van der Waals surface area contributed by atoms with E-state index in [-0.39, 0.29) is 6.54 Å². The number of hydrogen-bond acceptors (Lipinski definition) is 4. The number of rotatable bonds is 3. The second-order valence-corrected chi connectivity index (χ2v) is 3.19. The molecule has 1 rings (SSSR count). The van der Waals surface area contributed by atoms with Gasteiger partial charge in [-0.15, -0.1) is 0 Å². The van der Waals surface area contributed by atoms with Crippen molar-refractivity contribution < 1.29 is 9.90 Å². The molecule has 0 fully saturated rings. The zero-order chi connectivity index (χ0) is 10.7. The number of carbonyl (C=O) groups is 1. The highest BCUT2D eigenvalue weighted by atomic mass is 16.4. The summed E-state index contributed by atoms with van der Waals surface area (Å²) in [4.78, 5) is 20.2. The Bertz CT molecular complexity index is 352. The summed E-state index contributed by atoms with van der Waals surface area (Å²) in [5.74, 6) is -0.454. The van der Waals surface area contributed by atoms with Crippen LogP contribution in [0.3, 0.4) is 0 Å². The molecule has 0 bridgehead atoms. The van der Waals surface area contributed by atoms with E-state index in [2.05, 4.69) is 9.97 Å². The molecule has 0 aliphatic carbocycles. The first-order valence-electron chi connectivity index (χ1n) is 4.24. The number of likely N-dealkylation sites (N-methyl/N-ethyl adjacent to an activating group) is 1. The number of aromatic nitrogens is 2. The van der Waals surface area contributed by atoms with Crippen LogP contribution in [0.4, 0.5) is 5.95 Å². The number of nitrogens with zero attached hydrogens (tertiary/aromatic N) is 3. The summed E-state index contributed by atoms with van der Waals surface area (Å²) in [6, 6.07) is 0. The highest BCUT2D eigenvalue weighted by Crippen LogP contribution is 2.08. The van der Waals surface area contributed by atoms with Crippen LogP contribution in [0.5, 0.6) is 0 Å². The molecule has 0 aromatic carbocycles. The number of anilines is 1. The molecule has 0 saturated heterocycles. The van der Waals surface area contributed by atoms with Gasteiger partial charge in [0.15, 0.2) is 0 Å². The topological polar surface area (TPSA) is 66.3 Å². The quantitative estimate of drug-likeness (QED) is 0.765. The zero-order valence-corrected chi connectivity index (χ0v) is 8.48. The molecule has 1 heterocycles. The average Bonchev–Trinajstić information content (AvgIpc) is 2.08. The van der Waals surface area contributed by atoms with Crippen LogP contribution in [0, 0.1) is 13.8 Å². The first-order valence-corrected chi connectivity index (χ1v) is 4.24. The number of carboxylic acid groups (broad SMARTS) is 1. The number of hydrogen-bond donors (Lipinski definition) is 1. The number of aryl methyl sites for hydroxylation is 2. The summed E-state index contributed by atoms with van der Waals surface area (Å²) in [6.45, 7) is 3.69. The second kappa shape index (κ2) is 4.04. The zero-order valence-electron chi connectivity index (χ0n) is 8.48. The second-order valence-electron chi connectivity index (χ2n) is 3.19. The van der Waals surface area contributed by atoms with Gasteiger partial charge in [0.1, 0.15) is 6.54 Å². The SMILES string of the molecule is Cc1cnc(N(C)CC(=O)O)nc1C. The van der Waals surface area contributed by atoms with Crippen molar-refractivity contribution in [3.05, 3.63) is 17.5 Å². The van der Waals surface area contributed by atoms with Crippen LogP contribution in [0.15, 0.2) is 6.20 Å². The Morgan fingerprint density at radius 3 is 2.71 bits per heavy atom. The molecule has 5 heteroatoms. The van der Waals surface area contributed by atoms with E-state index in [0.717, 1.165) is 11.3 Å². The van der Waals surface area contributed by atoms with Crippen molar-refractivity contribution in [3.63, 3.8) is 0 Å². The molecule has 0 spiro atoms. The van der Waals surface area contributed by atoms with Gasteiger partial charge in [0, 0.05) is 18.9 Å². The average molecular weight is 195 g/mol. The standard InChI is InChI=1S/C9H13N3O2/c1-6-4-10-9(11-7(6)2)12(3)5-8(13)14/h4H,5H2,1-3H3,(H,13,14). The van der Waals surface area contributed by atoms with Crippen LogP contribution in [0.2, 0.25) is 0 Å². The largest absolute Gasteiger partial charge is 0.480 e. The van der Waals surface area contributed by atoms with Crippen molar-refractivity contribution in [2.75, 3.05) is 18.5 Å². The van der Waals surface area contributed by atoms with Crippen molar-refractivity contribution in [1.29, 1.82) is 0 Å². The van der Waals surface area contributed by atoms with E-state index >= 15 is 0 Å². The molecule has 0 amide bonds. The van der Waals surface area contributed by atoms with Crippen LogP contribution in [0.1, 0.15) is 11.3 Å². The molecule has 1 aromatic heterocycles. The van der Waals surface area contributed by atoms with Crippen molar-refractivity contribution in [3.8, 4) is 0 Å². The number of carboxylic acids is 1. The minimum absolute atomic E-state index is 0.0947. The fourth-order valence-electron chi connectivity index (χ4n) is 0.973. The molecular formula is C9H13N3O2. The maximum absolute atomic E-state index is 10.4. The maximum atomic E-state index is 10.4. The fourth-order valence-corrected chi connectivity index (χ4v) is 0.973. The van der Waals surface area contributed by atoms with E-state index in [1.807, 2.05) is 13.8 Å². The third-order valence-electron chi connectivity index (χ3n) is 1.93. The molecule has 1 N–H and O–H groups in total. The molecule has 0 radical (unpaired) electrons. The lowest BCUT2D eigenvalue weighted by atomic mass is 10.3. The molecule has 1 aromatic rings. The van der Waals surface area contributed by atoms with Gasteiger partial charge in [-0.3, -0.25) is 4.79 Å². The molecule has 0 aliphatic heterocycles. The summed E-state index contributed by atoms with van der Waals surface area (Å²) < 4.78 is 0. The van der Waals surface area contributed by atoms with Crippen LogP contribution in [0.25, 0.3) is 0 Å². The van der Waals surface area contributed by atoms with Crippen LogP contribution in [-0.2, 0) is 4.79 Å². The van der Waals surface area contributed by atoms with Gasteiger partial charge in [0.05, 0.1) is 0 Å². The molecule has 5 nitrogen and oxygen atoms in total. The van der Waals surface area contributed by atoms with Crippen LogP contribution >= 0.6 is 0 Å². The summed E-state index contributed by atoms with van der Waals surface area (Å²) in [6.07, 6.45) is 1.69. The Morgan fingerprint density at radius 1 is 1.57 bits per heavy atom. The Balaban J connectivity index is 2.85. The summed E-state index contributed by atoms with van der Waals surface area (Å²) >= 11 is 0. The lowest BCUT2D eigenvalue weighted by molar-refractivity contribution is -0.135. The minimum atomic E-state index is -0.894. The van der Waals surface area contributed by atoms with Crippen LogP contribution in [-0.4, -0.2) is 34.6 Å². The predicted molar refractivity (Wildman–Crippen MR) is 52.4 cm³/mol. The highest BCUT2D eigenvalue weighted by Gasteiger charge is 2.08. The molecule has 0 aliphatic rings. The summed E-state index contributed by atoms with van der Waals surface area (Å²) in [5.41, 5.74) is 1.87. The molecule has 0 atom stereocenters. The molecule has 0 saturated carbocycles. The third kappa shape index (κ3) is 2.42. The predicted octanol–water partition coefficient (Wildman–Crippen LogP) is 0.614. The van der Waals surface area contributed by atoms with Gasteiger partial charge >= 0.3 is 5.97 Å². The minimum Gasteiger partial charge on any atom is -0.480 e. The lowest BCUT2D eigenvalue weighted by Crippen LogP contribution is -2.27.